The first-order chi connectivity index (χ1) is 14.4. The molecule has 2 saturated heterocycles. The molecule has 2 amide bonds. The summed E-state index contributed by atoms with van der Waals surface area (Å²) >= 11 is 5.91. The van der Waals surface area contributed by atoms with Crippen molar-refractivity contribution in [2.45, 2.75) is 43.8 Å². The van der Waals surface area contributed by atoms with Gasteiger partial charge in [-0.15, -0.1) is 0 Å². The third kappa shape index (κ3) is 4.36. The summed E-state index contributed by atoms with van der Waals surface area (Å²) in [4.78, 5) is 26.4. The molecule has 0 aromatic heterocycles. The summed E-state index contributed by atoms with van der Waals surface area (Å²) in [6.07, 6.45) is 3.55. The third-order valence-corrected chi connectivity index (χ3v) is 6.03. The Morgan fingerprint density at radius 2 is 1.80 bits per heavy atom. The predicted octanol–water partition coefficient (Wildman–Crippen LogP) is 3.59. The number of hydrogen-bond donors (Lipinski definition) is 2. The topological polar surface area (TPSA) is 84.7 Å². The Morgan fingerprint density at radius 1 is 1.13 bits per heavy atom. The zero-order chi connectivity index (χ0) is 21.3. The van der Waals surface area contributed by atoms with Crippen molar-refractivity contribution in [2.24, 2.45) is 5.73 Å². The van der Waals surface area contributed by atoms with Gasteiger partial charge < -0.3 is 20.7 Å². The molecule has 158 valence electrons. The lowest BCUT2D eigenvalue weighted by Crippen LogP contribution is -2.51. The molecule has 8 heteroatoms. The summed E-state index contributed by atoms with van der Waals surface area (Å²) in [7, 11) is 0. The molecule has 3 N–H and O–H groups in total. The van der Waals surface area contributed by atoms with Gasteiger partial charge in [-0.05, 0) is 68.1 Å². The normalized spacial score (nSPS) is 22.6. The Balaban J connectivity index is 1.37. The number of fused-ring (bicyclic) bond motifs is 2. The van der Waals surface area contributed by atoms with Crippen molar-refractivity contribution in [3.63, 3.8) is 0 Å². The monoisotopic (exact) mass is 431 g/mol. The number of hydrogen-bond acceptors (Lipinski definition) is 4. The van der Waals surface area contributed by atoms with Gasteiger partial charge in [0.2, 0.25) is 0 Å². The highest BCUT2D eigenvalue weighted by molar-refractivity contribution is 6.31. The molecule has 0 radical (unpaired) electrons. The Morgan fingerprint density at radius 3 is 2.43 bits per heavy atom. The van der Waals surface area contributed by atoms with Gasteiger partial charge >= 0.3 is 0 Å². The van der Waals surface area contributed by atoms with Crippen molar-refractivity contribution in [2.75, 3.05) is 11.9 Å². The van der Waals surface area contributed by atoms with E-state index in [4.69, 9.17) is 22.1 Å². The van der Waals surface area contributed by atoms with Crippen LogP contribution in [0.2, 0.25) is 5.02 Å². The highest BCUT2D eigenvalue weighted by Gasteiger charge is 2.43. The van der Waals surface area contributed by atoms with E-state index in [1.54, 1.807) is 24.3 Å². The van der Waals surface area contributed by atoms with Crippen LogP contribution in [0.1, 0.15) is 36.0 Å². The minimum absolute atomic E-state index is 0.104. The molecule has 30 heavy (non-hydrogen) atoms. The largest absolute Gasteiger partial charge is 0.483 e. The van der Waals surface area contributed by atoms with Crippen molar-refractivity contribution >= 4 is 29.1 Å². The van der Waals surface area contributed by atoms with Crippen LogP contribution in [0.3, 0.4) is 0 Å². The smallest absolute Gasteiger partial charge is 0.261 e. The Bertz CT molecular complexity index is 939. The van der Waals surface area contributed by atoms with Gasteiger partial charge in [0.25, 0.3) is 11.8 Å². The van der Waals surface area contributed by atoms with Gasteiger partial charge in [0, 0.05) is 28.8 Å². The van der Waals surface area contributed by atoms with Gasteiger partial charge in [0.1, 0.15) is 11.6 Å². The zero-order valence-corrected chi connectivity index (χ0v) is 17.1. The molecular weight excluding hydrogens is 409 g/mol. The van der Waals surface area contributed by atoms with E-state index in [2.05, 4.69) is 5.32 Å². The van der Waals surface area contributed by atoms with Gasteiger partial charge in [0.15, 0.2) is 6.61 Å². The van der Waals surface area contributed by atoms with Crippen LogP contribution in [0.5, 0.6) is 5.75 Å². The highest BCUT2D eigenvalue weighted by Crippen LogP contribution is 2.37. The molecule has 2 aromatic carbocycles. The Hall–Kier alpha value is -2.80. The van der Waals surface area contributed by atoms with Gasteiger partial charge in [-0.3, -0.25) is 9.59 Å². The second kappa shape index (κ2) is 8.52. The zero-order valence-electron chi connectivity index (χ0n) is 16.3. The molecule has 2 fully saturated rings. The van der Waals surface area contributed by atoms with Crippen molar-refractivity contribution in [3.8, 4) is 5.75 Å². The summed E-state index contributed by atoms with van der Waals surface area (Å²) in [5.41, 5.74) is 6.41. The fourth-order valence-electron chi connectivity index (χ4n) is 4.52. The number of rotatable bonds is 6. The fourth-order valence-corrected chi connectivity index (χ4v) is 4.69. The lowest BCUT2D eigenvalue weighted by molar-refractivity contribution is -0.137. The summed E-state index contributed by atoms with van der Waals surface area (Å²) in [5.74, 6) is -0.775. The molecule has 2 unspecified atom stereocenters. The van der Waals surface area contributed by atoms with Gasteiger partial charge in [-0.25, -0.2) is 4.39 Å². The maximum atomic E-state index is 13.1. The number of piperidine rings is 1. The molecule has 2 aromatic rings. The van der Waals surface area contributed by atoms with Crippen LogP contribution in [0.15, 0.2) is 42.5 Å². The van der Waals surface area contributed by atoms with E-state index in [-0.39, 0.29) is 47.8 Å². The van der Waals surface area contributed by atoms with E-state index in [1.807, 2.05) is 4.90 Å². The summed E-state index contributed by atoms with van der Waals surface area (Å²) < 4.78 is 18.7. The number of anilines is 1. The van der Waals surface area contributed by atoms with Crippen LogP contribution in [-0.2, 0) is 4.79 Å². The minimum atomic E-state index is -0.660. The van der Waals surface area contributed by atoms with E-state index in [1.165, 1.54) is 18.2 Å². The quantitative estimate of drug-likeness (QED) is 0.732. The Kier molecular flexibility index (Phi) is 5.81. The maximum absolute atomic E-state index is 13.1. The van der Waals surface area contributed by atoms with E-state index in [0.717, 1.165) is 31.4 Å². The SMILES string of the molecule is NC(=O)c1cc(Cl)ccc1OCC(=O)N1C2CCC1CC(Nc1ccc(F)cc1)C2. The van der Waals surface area contributed by atoms with Crippen LogP contribution in [0, 0.1) is 5.82 Å². The summed E-state index contributed by atoms with van der Waals surface area (Å²) in [6, 6.07) is 11.4. The second-order valence-corrected chi connectivity index (χ2v) is 8.24. The summed E-state index contributed by atoms with van der Waals surface area (Å²) in [6.45, 7) is -0.162. The average Bonchev–Trinajstić information content (AvgIpc) is 2.99. The molecule has 2 aliphatic rings. The van der Waals surface area contributed by atoms with Crippen LogP contribution in [-0.4, -0.2) is 41.4 Å². The van der Waals surface area contributed by atoms with E-state index in [9.17, 15) is 14.0 Å². The lowest BCUT2D eigenvalue weighted by atomic mass is 9.97. The Labute approximate surface area is 179 Å². The summed E-state index contributed by atoms with van der Waals surface area (Å²) in [5, 5.41) is 3.82. The first-order valence-corrected chi connectivity index (χ1v) is 10.3. The van der Waals surface area contributed by atoms with Crippen molar-refractivity contribution in [3.05, 3.63) is 58.9 Å². The van der Waals surface area contributed by atoms with Crippen LogP contribution >= 0.6 is 11.6 Å². The molecule has 2 atom stereocenters. The standard InChI is InChI=1S/C22H23ClFN3O3/c23-13-1-8-20(19(9-13)22(25)29)30-12-21(28)27-17-6-7-18(27)11-16(10-17)26-15-4-2-14(24)3-5-15/h1-5,8-9,16-18,26H,6-7,10-12H2,(H2,25,29). The van der Waals surface area contributed by atoms with Crippen LogP contribution in [0.4, 0.5) is 10.1 Å². The predicted molar refractivity (Wildman–Crippen MR) is 112 cm³/mol. The molecule has 0 saturated carbocycles. The van der Waals surface area contributed by atoms with Crippen LogP contribution < -0.4 is 15.8 Å². The second-order valence-electron chi connectivity index (χ2n) is 7.80. The number of nitrogens with one attached hydrogen (secondary N) is 1. The number of primary amides is 1. The van der Waals surface area contributed by atoms with Crippen molar-refractivity contribution in [1.82, 2.24) is 4.90 Å². The molecular formula is C22H23ClFN3O3. The van der Waals surface area contributed by atoms with Crippen molar-refractivity contribution in [1.29, 1.82) is 0 Å². The number of carbonyl (C=O) groups is 2. The number of halogens is 2. The maximum Gasteiger partial charge on any atom is 0.261 e. The van der Waals surface area contributed by atoms with Gasteiger partial charge in [0.05, 0.1) is 5.56 Å². The van der Waals surface area contributed by atoms with E-state index >= 15 is 0 Å². The molecule has 2 heterocycles. The third-order valence-electron chi connectivity index (χ3n) is 5.79. The van der Waals surface area contributed by atoms with Crippen LogP contribution in [0.25, 0.3) is 0 Å². The minimum Gasteiger partial charge on any atom is -0.483 e. The molecule has 2 bridgehead atoms. The number of carbonyl (C=O) groups excluding carboxylic acids is 2. The molecule has 2 aliphatic heterocycles. The van der Waals surface area contributed by atoms with Crippen molar-refractivity contribution < 1.29 is 18.7 Å². The number of amides is 2. The van der Waals surface area contributed by atoms with E-state index < -0.39 is 5.91 Å². The van der Waals surface area contributed by atoms with Gasteiger partial charge in [-0.2, -0.15) is 0 Å². The average molecular weight is 432 g/mol. The van der Waals surface area contributed by atoms with Gasteiger partial charge in [-0.1, -0.05) is 11.6 Å². The lowest BCUT2D eigenvalue weighted by Gasteiger charge is -2.39. The molecule has 6 nitrogen and oxygen atoms in total. The first kappa shape index (κ1) is 20.5. The molecule has 0 aliphatic carbocycles. The number of nitrogens with zero attached hydrogens (tertiary/aromatic N) is 1. The molecule has 0 spiro atoms. The number of benzene rings is 2. The highest BCUT2D eigenvalue weighted by atomic mass is 35.5. The molecule has 4 rings (SSSR count). The fraction of sp³-hybridized carbons (Fsp3) is 0.364. The first-order valence-electron chi connectivity index (χ1n) is 9.96. The van der Waals surface area contributed by atoms with E-state index in [0.29, 0.717) is 5.02 Å². The number of nitrogens with two attached hydrogens (primary N) is 1. The number of ether oxygens (including phenoxy) is 1.